The Hall–Kier alpha value is -3.54. The van der Waals surface area contributed by atoms with Crippen molar-refractivity contribution in [1.29, 1.82) is 5.26 Å². The van der Waals surface area contributed by atoms with Crippen molar-refractivity contribution in [3.05, 3.63) is 51.4 Å². The normalized spacial score (nSPS) is 13.2. The van der Waals surface area contributed by atoms with E-state index in [2.05, 4.69) is 6.07 Å². The molecule has 0 saturated heterocycles. The highest BCUT2D eigenvalue weighted by molar-refractivity contribution is 5.68. The number of fused-ring (bicyclic) bond motifs is 1. The molecule has 0 saturated carbocycles. The van der Waals surface area contributed by atoms with E-state index in [0.29, 0.717) is 42.3 Å². The zero-order valence-corrected chi connectivity index (χ0v) is 18.5. The number of rotatable bonds is 4. The number of anilines is 2. The molecule has 164 valence electrons. The Balaban J connectivity index is 1.99. The molecule has 1 amide bonds. The van der Waals surface area contributed by atoms with Crippen LogP contribution in [0.1, 0.15) is 44.5 Å². The molecular formula is C22H27N5O4. The molecule has 1 aromatic carbocycles. The van der Waals surface area contributed by atoms with E-state index in [1.165, 1.54) is 12.0 Å². The summed E-state index contributed by atoms with van der Waals surface area (Å²) in [5.74, 6) is 0.351. The van der Waals surface area contributed by atoms with Gasteiger partial charge < -0.3 is 19.4 Å². The van der Waals surface area contributed by atoms with Crippen molar-refractivity contribution in [2.45, 2.75) is 46.3 Å². The predicted octanol–water partition coefficient (Wildman–Crippen LogP) is 2.62. The molecule has 9 heteroatoms. The highest BCUT2D eigenvalue weighted by Gasteiger charge is 2.30. The first-order valence-corrected chi connectivity index (χ1v) is 10.1. The van der Waals surface area contributed by atoms with Gasteiger partial charge in [-0.05, 0) is 52.0 Å². The fourth-order valence-corrected chi connectivity index (χ4v) is 3.42. The molecule has 31 heavy (non-hydrogen) atoms. The second-order valence-corrected chi connectivity index (χ2v) is 8.17. The lowest BCUT2D eigenvalue weighted by Gasteiger charge is -2.32. The van der Waals surface area contributed by atoms with Crippen molar-refractivity contribution in [2.24, 2.45) is 0 Å². The number of amides is 1. The molecule has 0 spiro atoms. The number of carbonyl (C=O) groups is 1. The topological polar surface area (TPSA) is 101 Å². The first kappa shape index (κ1) is 22.2. The Morgan fingerprint density at radius 2 is 1.97 bits per heavy atom. The molecule has 1 aliphatic rings. The maximum Gasteiger partial charge on any atom is 0.410 e. The maximum atomic E-state index is 13.2. The zero-order chi connectivity index (χ0) is 22.8. The fraction of sp³-hybridized carbons (Fsp3) is 0.455. The van der Waals surface area contributed by atoms with Crippen LogP contribution < -0.4 is 15.3 Å². The summed E-state index contributed by atoms with van der Waals surface area (Å²) in [6.07, 6.45) is -0.0231. The smallest absolute Gasteiger partial charge is 0.410 e. The van der Waals surface area contributed by atoms with Gasteiger partial charge in [0.2, 0.25) is 5.95 Å². The van der Waals surface area contributed by atoms with Gasteiger partial charge in [-0.15, -0.1) is 4.73 Å². The Bertz CT molecular complexity index is 1060. The molecule has 0 aliphatic carbocycles. The molecule has 0 atom stereocenters. The zero-order valence-electron chi connectivity index (χ0n) is 18.5. The summed E-state index contributed by atoms with van der Waals surface area (Å²) < 4.78 is 6.58. The van der Waals surface area contributed by atoms with Gasteiger partial charge in [0.1, 0.15) is 12.7 Å². The van der Waals surface area contributed by atoms with E-state index in [9.17, 15) is 9.59 Å². The van der Waals surface area contributed by atoms with Crippen molar-refractivity contribution in [2.75, 3.05) is 25.1 Å². The van der Waals surface area contributed by atoms with Gasteiger partial charge in [0.25, 0.3) is 5.56 Å². The molecule has 3 rings (SSSR count). The first-order valence-electron chi connectivity index (χ1n) is 10.1. The molecule has 0 unspecified atom stereocenters. The third-order valence-corrected chi connectivity index (χ3v) is 4.88. The summed E-state index contributed by atoms with van der Waals surface area (Å²) in [6.45, 7) is 8.40. The first-order chi connectivity index (χ1) is 14.7. The predicted molar refractivity (Wildman–Crippen MR) is 115 cm³/mol. The second kappa shape index (κ2) is 8.68. The maximum absolute atomic E-state index is 13.2. The summed E-state index contributed by atoms with van der Waals surface area (Å²) >= 11 is 0. The average molecular weight is 425 g/mol. The Labute approximate surface area is 181 Å². The van der Waals surface area contributed by atoms with Gasteiger partial charge in [-0.25, -0.2) is 9.78 Å². The number of benzene rings is 1. The van der Waals surface area contributed by atoms with Crippen LogP contribution >= 0.6 is 0 Å². The van der Waals surface area contributed by atoms with E-state index >= 15 is 0 Å². The molecule has 0 radical (unpaired) electrons. The van der Waals surface area contributed by atoms with E-state index in [4.69, 9.17) is 19.8 Å². The third kappa shape index (κ3) is 4.63. The second-order valence-electron chi connectivity index (χ2n) is 8.17. The monoisotopic (exact) mass is 425 g/mol. The van der Waals surface area contributed by atoms with E-state index in [1.807, 2.05) is 11.8 Å². The fourth-order valence-electron chi connectivity index (χ4n) is 3.42. The van der Waals surface area contributed by atoms with Crippen LogP contribution in [0.3, 0.4) is 0 Å². The molecule has 1 aromatic heterocycles. The van der Waals surface area contributed by atoms with Crippen LogP contribution in [-0.4, -0.2) is 46.5 Å². The van der Waals surface area contributed by atoms with Crippen LogP contribution in [0.25, 0.3) is 0 Å². The summed E-state index contributed by atoms with van der Waals surface area (Å²) in [5, 5.41) is 9.04. The minimum Gasteiger partial charge on any atom is -0.444 e. The number of ether oxygens (including phenoxy) is 1. The van der Waals surface area contributed by atoms with Gasteiger partial charge in [0.15, 0.2) is 0 Å². The summed E-state index contributed by atoms with van der Waals surface area (Å²) in [7, 11) is 1.40. The van der Waals surface area contributed by atoms with Gasteiger partial charge >= 0.3 is 6.09 Å². The SMILES string of the molecule is CCN(c1ccc(C#N)cc1)c1nc2c(c(=O)n1OC)CN(C(=O)OC(C)(C)C)CC2. The lowest BCUT2D eigenvalue weighted by Crippen LogP contribution is -2.44. The molecule has 2 aromatic rings. The number of aromatic nitrogens is 2. The van der Waals surface area contributed by atoms with Crippen molar-refractivity contribution in [3.8, 4) is 6.07 Å². The highest BCUT2D eigenvalue weighted by atomic mass is 16.7. The largest absolute Gasteiger partial charge is 0.444 e. The van der Waals surface area contributed by atoms with Gasteiger partial charge in [0.05, 0.1) is 29.4 Å². The number of nitrogens with zero attached hydrogens (tertiary/aromatic N) is 5. The van der Waals surface area contributed by atoms with Crippen molar-refractivity contribution >= 4 is 17.7 Å². The number of hydrogen-bond donors (Lipinski definition) is 0. The summed E-state index contributed by atoms with van der Waals surface area (Å²) in [4.78, 5) is 39.1. The van der Waals surface area contributed by atoms with Crippen molar-refractivity contribution in [1.82, 2.24) is 14.6 Å². The minimum absolute atomic E-state index is 0.114. The lowest BCUT2D eigenvalue weighted by atomic mass is 10.1. The molecule has 0 N–H and O–H groups in total. The van der Waals surface area contributed by atoms with E-state index < -0.39 is 11.7 Å². The number of hydrogen-bond acceptors (Lipinski definition) is 7. The van der Waals surface area contributed by atoms with Crippen LogP contribution in [0.5, 0.6) is 0 Å². The van der Waals surface area contributed by atoms with Gasteiger partial charge in [-0.3, -0.25) is 4.79 Å². The quantitative estimate of drug-likeness (QED) is 0.742. The molecule has 2 heterocycles. The summed E-state index contributed by atoms with van der Waals surface area (Å²) in [6, 6.07) is 9.13. The van der Waals surface area contributed by atoms with Crippen molar-refractivity contribution in [3.63, 3.8) is 0 Å². The molecule has 1 aliphatic heterocycles. The van der Waals surface area contributed by atoms with Crippen LogP contribution in [-0.2, 0) is 17.7 Å². The standard InChI is InChI=1S/C22H27N5O4/c1-6-26(16-9-7-15(13-23)8-10-16)20-24-18-11-12-25(21(29)31-22(2,3)4)14-17(18)19(28)27(20)30-5/h7-10H,6,11-12,14H2,1-5H3. The van der Waals surface area contributed by atoms with Crippen LogP contribution in [0.2, 0.25) is 0 Å². The van der Waals surface area contributed by atoms with Gasteiger partial charge in [0, 0.05) is 25.2 Å². The minimum atomic E-state index is -0.616. The Morgan fingerprint density at radius 3 is 2.52 bits per heavy atom. The lowest BCUT2D eigenvalue weighted by molar-refractivity contribution is 0.0219. The molecular weight excluding hydrogens is 398 g/mol. The average Bonchev–Trinajstić information content (AvgIpc) is 2.73. The van der Waals surface area contributed by atoms with E-state index in [0.717, 1.165) is 10.4 Å². The Kier molecular flexibility index (Phi) is 6.20. The Morgan fingerprint density at radius 1 is 1.29 bits per heavy atom. The van der Waals surface area contributed by atoms with Crippen LogP contribution in [0.4, 0.5) is 16.4 Å². The number of carbonyl (C=O) groups excluding carboxylic acids is 1. The van der Waals surface area contributed by atoms with Gasteiger partial charge in [-0.1, -0.05) is 0 Å². The van der Waals surface area contributed by atoms with Gasteiger partial charge in [-0.2, -0.15) is 5.26 Å². The molecule has 9 nitrogen and oxygen atoms in total. The van der Waals surface area contributed by atoms with E-state index in [-0.39, 0.29) is 12.1 Å². The highest BCUT2D eigenvalue weighted by Crippen LogP contribution is 2.25. The third-order valence-electron chi connectivity index (χ3n) is 4.88. The van der Waals surface area contributed by atoms with Crippen LogP contribution in [0, 0.1) is 11.3 Å². The van der Waals surface area contributed by atoms with Crippen LogP contribution in [0.15, 0.2) is 29.1 Å². The van der Waals surface area contributed by atoms with Crippen molar-refractivity contribution < 1.29 is 14.4 Å². The summed E-state index contributed by atoms with van der Waals surface area (Å²) in [5.41, 5.74) is 1.41. The van der Waals surface area contributed by atoms with E-state index in [1.54, 1.807) is 45.0 Å². The molecule has 0 fully saturated rings. The number of nitriles is 1. The molecule has 0 bridgehead atoms.